The topological polar surface area (TPSA) is 57.6 Å². The molecule has 5 heteroatoms. The Morgan fingerprint density at radius 1 is 1.38 bits per heavy atom. The van der Waals surface area contributed by atoms with Crippen molar-refractivity contribution in [2.24, 2.45) is 5.92 Å². The molecule has 114 valence electrons. The summed E-state index contributed by atoms with van der Waals surface area (Å²) in [5.74, 6) is -0.703. The summed E-state index contributed by atoms with van der Waals surface area (Å²) in [6, 6.07) is 7.37. The fourth-order valence-corrected chi connectivity index (χ4v) is 3.00. The van der Waals surface area contributed by atoms with Gasteiger partial charge in [-0.15, -0.1) is 0 Å². The van der Waals surface area contributed by atoms with Gasteiger partial charge in [-0.05, 0) is 43.4 Å². The van der Waals surface area contributed by atoms with Crippen LogP contribution in [-0.2, 0) is 9.59 Å². The molecular formula is C16H20ClNO3. The standard InChI is InChI=1S/C16H20ClNO3/c1-11(13-3-2-4-14(17)10-13)16(21)18-7-5-12(6-8-18)9-15(19)20/h2-4,10-12H,5-9H2,1H3,(H,19,20). The van der Waals surface area contributed by atoms with Crippen LogP contribution in [0.3, 0.4) is 0 Å². The van der Waals surface area contributed by atoms with Gasteiger partial charge in [-0.3, -0.25) is 9.59 Å². The number of benzene rings is 1. The predicted octanol–water partition coefficient (Wildman–Crippen LogP) is 3.16. The molecule has 0 spiro atoms. The lowest BCUT2D eigenvalue weighted by molar-refractivity contribution is -0.138. The van der Waals surface area contributed by atoms with Crippen molar-refractivity contribution in [3.63, 3.8) is 0 Å². The first-order valence-electron chi connectivity index (χ1n) is 7.23. The number of hydrogen-bond acceptors (Lipinski definition) is 2. The molecule has 2 rings (SSSR count). The molecule has 4 nitrogen and oxygen atoms in total. The summed E-state index contributed by atoms with van der Waals surface area (Å²) in [6.45, 7) is 3.17. The summed E-state index contributed by atoms with van der Waals surface area (Å²) in [6.07, 6.45) is 1.73. The molecule has 0 radical (unpaired) electrons. The molecule has 1 unspecified atom stereocenters. The van der Waals surface area contributed by atoms with Gasteiger partial charge in [0.1, 0.15) is 0 Å². The number of halogens is 1. The Morgan fingerprint density at radius 3 is 2.62 bits per heavy atom. The quantitative estimate of drug-likeness (QED) is 0.929. The molecular weight excluding hydrogens is 290 g/mol. The number of likely N-dealkylation sites (tertiary alicyclic amines) is 1. The van der Waals surface area contributed by atoms with E-state index in [9.17, 15) is 9.59 Å². The number of piperidine rings is 1. The Balaban J connectivity index is 1.94. The number of carbonyl (C=O) groups is 2. The zero-order chi connectivity index (χ0) is 15.4. The number of nitrogens with zero attached hydrogens (tertiary/aromatic N) is 1. The Hall–Kier alpha value is -1.55. The summed E-state index contributed by atoms with van der Waals surface area (Å²) in [5.41, 5.74) is 0.917. The number of aliphatic carboxylic acids is 1. The van der Waals surface area contributed by atoms with Gasteiger partial charge in [-0.1, -0.05) is 23.7 Å². The molecule has 0 bridgehead atoms. The van der Waals surface area contributed by atoms with Crippen LogP contribution < -0.4 is 0 Å². The van der Waals surface area contributed by atoms with Crippen LogP contribution in [-0.4, -0.2) is 35.0 Å². The maximum atomic E-state index is 12.5. The highest BCUT2D eigenvalue weighted by Crippen LogP contribution is 2.25. The smallest absolute Gasteiger partial charge is 0.303 e. The zero-order valence-electron chi connectivity index (χ0n) is 12.1. The lowest BCUT2D eigenvalue weighted by atomic mass is 9.92. The van der Waals surface area contributed by atoms with Crippen molar-refractivity contribution < 1.29 is 14.7 Å². The van der Waals surface area contributed by atoms with Crippen LogP contribution in [0, 0.1) is 5.92 Å². The third-order valence-corrected chi connectivity index (χ3v) is 4.34. The lowest BCUT2D eigenvalue weighted by Crippen LogP contribution is -2.40. The zero-order valence-corrected chi connectivity index (χ0v) is 12.8. The van der Waals surface area contributed by atoms with E-state index >= 15 is 0 Å². The summed E-state index contributed by atoms with van der Waals surface area (Å²) in [7, 11) is 0. The van der Waals surface area contributed by atoms with Crippen LogP contribution in [0.15, 0.2) is 24.3 Å². The first-order valence-corrected chi connectivity index (χ1v) is 7.61. The first kappa shape index (κ1) is 15.8. The SMILES string of the molecule is CC(C(=O)N1CCC(CC(=O)O)CC1)c1cccc(Cl)c1. The van der Waals surface area contributed by atoms with Crippen LogP contribution >= 0.6 is 11.6 Å². The van der Waals surface area contributed by atoms with Gasteiger partial charge in [0, 0.05) is 24.5 Å². The summed E-state index contributed by atoms with van der Waals surface area (Å²) in [5, 5.41) is 9.44. The first-order chi connectivity index (χ1) is 9.97. The highest BCUT2D eigenvalue weighted by Gasteiger charge is 2.27. The van der Waals surface area contributed by atoms with Crippen molar-refractivity contribution in [3.8, 4) is 0 Å². The second-order valence-electron chi connectivity index (χ2n) is 5.64. The molecule has 1 heterocycles. The summed E-state index contributed by atoms with van der Waals surface area (Å²) >= 11 is 5.97. The summed E-state index contributed by atoms with van der Waals surface area (Å²) in [4.78, 5) is 25.1. The molecule has 1 aliphatic heterocycles. The molecule has 1 saturated heterocycles. The van der Waals surface area contributed by atoms with Crippen molar-refractivity contribution in [1.82, 2.24) is 4.90 Å². The fraction of sp³-hybridized carbons (Fsp3) is 0.500. The van der Waals surface area contributed by atoms with Crippen molar-refractivity contribution in [1.29, 1.82) is 0 Å². The molecule has 1 N–H and O–H groups in total. The number of amides is 1. The Labute approximate surface area is 129 Å². The van der Waals surface area contributed by atoms with Crippen molar-refractivity contribution in [2.75, 3.05) is 13.1 Å². The molecule has 1 fully saturated rings. The molecule has 0 aromatic heterocycles. The number of carboxylic acids is 1. The molecule has 21 heavy (non-hydrogen) atoms. The van der Waals surface area contributed by atoms with E-state index in [-0.39, 0.29) is 24.2 Å². The highest BCUT2D eigenvalue weighted by molar-refractivity contribution is 6.30. The minimum absolute atomic E-state index is 0.0889. The molecule has 1 atom stereocenters. The van der Waals surface area contributed by atoms with Crippen LogP contribution in [0.4, 0.5) is 0 Å². The normalized spacial score (nSPS) is 17.5. The molecule has 0 aliphatic carbocycles. The Kier molecular flexibility index (Phi) is 5.23. The summed E-state index contributed by atoms with van der Waals surface area (Å²) < 4.78 is 0. The predicted molar refractivity (Wildman–Crippen MR) is 81.4 cm³/mol. The number of carbonyl (C=O) groups excluding carboxylic acids is 1. The van der Waals surface area contributed by atoms with Gasteiger partial charge in [0.25, 0.3) is 0 Å². The van der Waals surface area contributed by atoms with Crippen LogP contribution in [0.5, 0.6) is 0 Å². The van der Waals surface area contributed by atoms with Gasteiger partial charge in [-0.25, -0.2) is 0 Å². The van der Waals surface area contributed by atoms with E-state index in [0.717, 1.165) is 18.4 Å². The van der Waals surface area contributed by atoms with E-state index in [0.29, 0.717) is 18.1 Å². The second-order valence-corrected chi connectivity index (χ2v) is 6.08. The maximum Gasteiger partial charge on any atom is 0.303 e. The van der Waals surface area contributed by atoms with E-state index in [1.165, 1.54) is 0 Å². The van der Waals surface area contributed by atoms with Gasteiger partial charge >= 0.3 is 5.97 Å². The van der Waals surface area contributed by atoms with Crippen LogP contribution in [0.2, 0.25) is 5.02 Å². The van der Waals surface area contributed by atoms with Crippen LogP contribution in [0.1, 0.15) is 37.7 Å². The fourth-order valence-electron chi connectivity index (χ4n) is 2.80. The largest absolute Gasteiger partial charge is 0.481 e. The Morgan fingerprint density at radius 2 is 2.05 bits per heavy atom. The average Bonchev–Trinajstić information content (AvgIpc) is 2.46. The van der Waals surface area contributed by atoms with Gasteiger partial charge in [-0.2, -0.15) is 0 Å². The van der Waals surface area contributed by atoms with Crippen molar-refractivity contribution in [3.05, 3.63) is 34.9 Å². The van der Waals surface area contributed by atoms with Crippen LogP contribution in [0.25, 0.3) is 0 Å². The van der Waals surface area contributed by atoms with Gasteiger partial charge in [0.2, 0.25) is 5.91 Å². The van der Waals surface area contributed by atoms with Gasteiger partial charge < -0.3 is 10.0 Å². The van der Waals surface area contributed by atoms with E-state index in [2.05, 4.69) is 0 Å². The minimum atomic E-state index is -0.757. The number of rotatable bonds is 4. The average molecular weight is 310 g/mol. The van der Waals surface area contributed by atoms with E-state index < -0.39 is 5.97 Å². The second kappa shape index (κ2) is 6.94. The molecule has 0 saturated carbocycles. The highest BCUT2D eigenvalue weighted by atomic mass is 35.5. The molecule has 1 amide bonds. The minimum Gasteiger partial charge on any atom is -0.481 e. The van der Waals surface area contributed by atoms with E-state index in [1.54, 1.807) is 6.07 Å². The Bertz CT molecular complexity index is 524. The number of hydrogen-bond donors (Lipinski definition) is 1. The lowest BCUT2D eigenvalue weighted by Gasteiger charge is -2.33. The van der Waals surface area contributed by atoms with E-state index in [1.807, 2.05) is 30.0 Å². The number of carboxylic acid groups (broad SMARTS) is 1. The third-order valence-electron chi connectivity index (χ3n) is 4.11. The van der Waals surface area contributed by atoms with Gasteiger partial charge in [0.15, 0.2) is 0 Å². The van der Waals surface area contributed by atoms with Gasteiger partial charge in [0.05, 0.1) is 5.92 Å². The maximum absolute atomic E-state index is 12.5. The monoisotopic (exact) mass is 309 g/mol. The third kappa shape index (κ3) is 4.21. The molecule has 1 aliphatic rings. The molecule has 1 aromatic rings. The van der Waals surface area contributed by atoms with Crippen molar-refractivity contribution >= 4 is 23.5 Å². The van der Waals surface area contributed by atoms with E-state index in [4.69, 9.17) is 16.7 Å². The molecule has 1 aromatic carbocycles. The van der Waals surface area contributed by atoms with Crippen molar-refractivity contribution in [2.45, 2.75) is 32.1 Å².